The number of rotatable bonds is 5. The van der Waals surface area contributed by atoms with Crippen molar-refractivity contribution in [2.75, 3.05) is 16.8 Å². The lowest BCUT2D eigenvalue weighted by Gasteiger charge is -2.16. The first-order valence-electron chi connectivity index (χ1n) is 7.60. The van der Waals surface area contributed by atoms with Gasteiger partial charge in [0.2, 0.25) is 17.7 Å². The fourth-order valence-electron chi connectivity index (χ4n) is 2.67. The van der Waals surface area contributed by atoms with E-state index in [2.05, 4.69) is 10.4 Å². The Morgan fingerprint density at radius 2 is 2.04 bits per heavy atom. The van der Waals surface area contributed by atoms with E-state index in [0.717, 1.165) is 0 Å². The number of nitrogens with zero attached hydrogens (tertiary/aromatic N) is 3. The van der Waals surface area contributed by atoms with Crippen LogP contribution >= 0.6 is 0 Å². The number of carbonyl (C=O) groups is 3. The Kier molecular flexibility index (Phi) is 4.46. The molecule has 0 aliphatic carbocycles. The summed E-state index contributed by atoms with van der Waals surface area (Å²) in [5.41, 5.74) is 6.04. The number of anilines is 2. The van der Waals surface area contributed by atoms with Gasteiger partial charge in [-0.25, -0.2) is 4.39 Å². The molecular formula is C16H16FN5O3. The van der Waals surface area contributed by atoms with Crippen molar-refractivity contribution in [1.29, 1.82) is 0 Å². The second kappa shape index (κ2) is 6.71. The third-order valence-electron chi connectivity index (χ3n) is 3.85. The average Bonchev–Trinajstić information content (AvgIpc) is 3.14. The maximum atomic E-state index is 13.0. The zero-order valence-corrected chi connectivity index (χ0v) is 13.2. The van der Waals surface area contributed by atoms with Crippen LogP contribution in [0.4, 0.5) is 15.8 Å². The van der Waals surface area contributed by atoms with Gasteiger partial charge in [-0.05, 0) is 24.3 Å². The Bertz CT molecular complexity index is 817. The number of nitrogens with one attached hydrogen (secondary N) is 1. The van der Waals surface area contributed by atoms with E-state index >= 15 is 0 Å². The van der Waals surface area contributed by atoms with Crippen LogP contribution in [0.5, 0.6) is 0 Å². The highest BCUT2D eigenvalue weighted by molar-refractivity contribution is 6.03. The van der Waals surface area contributed by atoms with E-state index in [0.29, 0.717) is 11.4 Å². The van der Waals surface area contributed by atoms with Gasteiger partial charge < -0.3 is 16.0 Å². The van der Waals surface area contributed by atoms with E-state index in [9.17, 15) is 18.8 Å². The Morgan fingerprint density at radius 1 is 1.32 bits per heavy atom. The molecule has 3 N–H and O–H groups in total. The van der Waals surface area contributed by atoms with E-state index < -0.39 is 17.6 Å². The molecule has 9 heteroatoms. The second-order valence-electron chi connectivity index (χ2n) is 5.76. The summed E-state index contributed by atoms with van der Waals surface area (Å²) in [5, 5.41) is 6.58. The predicted octanol–water partition coefficient (Wildman–Crippen LogP) is 0.499. The molecule has 3 amide bonds. The molecule has 1 aliphatic rings. The first kappa shape index (κ1) is 16.6. The SMILES string of the molecule is NC(=O)Cn1cc(NC(=O)[C@H]2CC(=O)N(c3ccc(F)cc3)C2)cn1. The lowest BCUT2D eigenvalue weighted by molar-refractivity contribution is -0.122. The number of halogens is 1. The molecule has 2 heterocycles. The molecule has 130 valence electrons. The Morgan fingerprint density at radius 3 is 2.72 bits per heavy atom. The van der Waals surface area contributed by atoms with E-state index in [1.807, 2.05) is 0 Å². The highest BCUT2D eigenvalue weighted by Crippen LogP contribution is 2.26. The maximum Gasteiger partial charge on any atom is 0.239 e. The smallest absolute Gasteiger partial charge is 0.239 e. The average molecular weight is 345 g/mol. The van der Waals surface area contributed by atoms with Gasteiger partial charge in [0.05, 0.1) is 17.8 Å². The van der Waals surface area contributed by atoms with Gasteiger partial charge in [0, 0.05) is 24.8 Å². The lowest BCUT2D eigenvalue weighted by atomic mass is 10.1. The van der Waals surface area contributed by atoms with Crippen molar-refractivity contribution in [3.05, 3.63) is 42.5 Å². The number of aromatic nitrogens is 2. The Hall–Kier alpha value is -3.23. The lowest BCUT2D eigenvalue weighted by Crippen LogP contribution is -2.28. The zero-order chi connectivity index (χ0) is 18.0. The van der Waals surface area contributed by atoms with Gasteiger partial charge in [-0.15, -0.1) is 0 Å². The molecule has 1 fully saturated rings. The highest BCUT2D eigenvalue weighted by Gasteiger charge is 2.35. The van der Waals surface area contributed by atoms with E-state index in [1.165, 1.54) is 46.2 Å². The normalized spacial score (nSPS) is 16.9. The first-order valence-corrected chi connectivity index (χ1v) is 7.60. The molecule has 8 nitrogen and oxygen atoms in total. The number of hydrogen-bond acceptors (Lipinski definition) is 4. The quantitative estimate of drug-likeness (QED) is 0.822. The molecule has 1 saturated heterocycles. The summed E-state index contributed by atoms with van der Waals surface area (Å²) in [6.45, 7) is 0.127. The summed E-state index contributed by atoms with van der Waals surface area (Å²) >= 11 is 0. The third-order valence-corrected chi connectivity index (χ3v) is 3.85. The molecule has 1 aromatic carbocycles. The zero-order valence-electron chi connectivity index (χ0n) is 13.2. The minimum Gasteiger partial charge on any atom is -0.368 e. The number of hydrogen-bond donors (Lipinski definition) is 2. The van der Waals surface area contributed by atoms with Crippen LogP contribution in [0, 0.1) is 11.7 Å². The van der Waals surface area contributed by atoms with Crippen molar-refractivity contribution in [2.24, 2.45) is 11.7 Å². The molecule has 1 aliphatic heterocycles. The van der Waals surface area contributed by atoms with Gasteiger partial charge >= 0.3 is 0 Å². The first-order chi connectivity index (χ1) is 11.9. The largest absolute Gasteiger partial charge is 0.368 e. The standard InChI is InChI=1S/C16H16FN5O3/c17-11-1-3-13(4-2-11)22-7-10(5-15(22)24)16(25)20-12-6-19-21(8-12)9-14(18)23/h1-4,6,8,10H,5,7,9H2,(H2,18,23)(H,20,25)/t10-/m0/s1. The Balaban J connectivity index is 1.63. The van der Waals surface area contributed by atoms with Gasteiger partial charge in [0.25, 0.3) is 0 Å². The van der Waals surface area contributed by atoms with Gasteiger partial charge in [-0.3, -0.25) is 19.1 Å². The molecular weight excluding hydrogens is 329 g/mol. The fourth-order valence-corrected chi connectivity index (χ4v) is 2.67. The molecule has 1 atom stereocenters. The summed E-state index contributed by atoms with van der Waals surface area (Å²) in [6, 6.07) is 5.54. The summed E-state index contributed by atoms with van der Waals surface area (Å²) in [7, 11) is 0. The topological polar surface area (TPSA) is 110 Å². The maximum absolute atomic E-state index is 13.0. The van der Waals surface area contributed by atoms with Gasteiger partial charge in [0.1, 0.15) is 12.4 Å². The summed E-state index contributed by atoms with van der Waals surface area (Å²) in [5.74, 6) is -1.99. The minimum atomic E-state index is -0.544. The molecule has 1 aromatic heterocycles. The van der Waals surface area contributed by atoms with E-state index in [4.69, 9.17) is 5.73 Å². The van der Waals surface area contributed by atoms with Crippen molar-refractivity contribution in [2.45, 2.75) is 13.0 Å². The highest BCUT2D eigenvalue weighted by atomic mass is 19.1. The van der Waals surface area contributed by atoms with Crippen LogP contribution in [0.3, 0.4) is 0 Å². The van der Waals surface area contributed by atoms with E-state index in [-0.39, 0.29) is 31.3 Å². The van der Waals surface area contributed by atoms with Crippen LogP contribution < -0.4 is 16.0 Å². The summed E-state index contributed by atoms with van der Waals surface area (Å²) in [4.78, 5) is 36.8. The number of amides is 3. The van der Waals surface area contributed by atoms with Gasteiger partial charge in [-0.2, -0.15) is 5.10 Å². The van der Waals surface area contributed by atoms with Crippen LogP contribution in [-0.2, 0) is 20.9 Å². The number of primary amides is 1. The minimum absolute atomic E-state index is 0.0681. The van der Waals surface area contributed by atoms with Crippen molar-refractivity contribution >= 4 is 29.1 Å². The number of nitrogens with two attached hydrogens (primary N) is 1. The molecule has 25 heavy (non-hydrogen) atoms. The van der Waals surface area contributed by atoms with Crippen LogP contribution in [0.15, 0.2) is 36.7 Å². The fraction of sp³-hybridized carbons (Fsp3) is 0.250. The van der Waals surface area contributed by atoms with Gasteiger partial charge in [-0.1, -0.05) is 0 Å². The van der Waals surface area contributed by atoms with Crippen molar-refractivity contribution < 1.29 is 18.8 Å². The molecule has 0 radical (unpaired) electrons. The van der Waals surface area contributed by atoms with Crippen molar-refractivity contribution in [3.63, 3.8) is 0 Å². The van der Waals surface area contributed by atoms with E-state index in [1.54, 1.807) is 0 Å². The van der Waals surface area contributed by atoms with Crippen LogP contribution in [-0.4, -0.2) is 34.0 Å². The van der Waals surface area contributed by atoms with Gasteiger partial charge in [0.15, 0.2) is 0 Å². The van der Waals surface area contributed by atoms with Crippen LogP contribution in [0.1, 0.15) is 6.42 Å². The number of benzene rings is 1. The van der Waals surface area contributed by atoms with Crippen LogP contribution in [0.2, 0.25) is 0 Å². The third kappa shape index (κ3) is 3.82. The number of carbonyl (C=O) groups excluding carboxylic acids is 3. The van der Waals surface area contributed by atoms with Crippen molar-refractivity contribution in [1.82, 2.24) is 9.78 Å². The molecule has 0 spiro atoms. The molecule has 0 bridgehead atoms. The molecule has 2 aromatic rings. The molecule has 0 unspecified atom stereocenters. The van der Waals surface area contributed by atoms with Crippen molar-refractivity contribution in [3.8, 4) is 0 Å². The second-order valence-corrected chi connectivity index (χ2v) is 5.76. The summed E-state index contributed by atoms with van der Waals surface area (Å²) < 4.78 is 14.3. The summed E-state index contributed by atoms with van der Waals surface area (Å²) in [6.07, 6.45) is 2.95. The monoisotopic (exact) mass is 345 g/mol. The van der Waals surface area contributed by atoms with Crippen LogP contribution in [0.25, 0.3) is 0 Å². The molecule has 0 saturated carbocycles. The molecule has 3 rings (SSSR count). The predicted molar refractivity (Wildman–Crippen MR) is 86.9 cm³/mol. The Labute approximate surface area is 142 Å².